The van der Waals surface area contributed by atoms with Gasteiger partial charge in [0.2, 0.25) is 0 Å². The number of methoxy groups -OCH3 is 1. The SMILES string of the molecule is CC.CC.CCOC(=O)Cc1ccc(OC)cc1OCc1c(C)oc2ccc(-c3cc(F)cc(CN)c3)cc12. The molecule has 0 spiro atoms. The van der Waals surface area contributed by atoms with Gasteiger partial charge in [0, 0.05) is 29.1 Å². The number of esters is 1. The maximum atomic E-state index is 14.1. The molecule has 0 saturated heterocycles. The molecular weight excluding hydrogens is 497 g/mol. The summed E-state index contributed by atoms with van der Waals surface area (Å²) in [4.78, 5) is 12.1. The van der Waals surface area contributed by atoms with Crippen LogP contribution in [-0.4, -0.2) is 19.7 Å². The number of halogens is 1. The molecule has 4 aromatic rings. The Kier molecular flexibility index (Phi) is 12.5. The number of benzene rings is 3. The molecule has 0 unspecified atom stereocenters. The van der Waals surface area contributed by atoms with E-state index in [-0.39, 0.29) is 31.4 Å². The number of furan rings is 1. The molecule has 0 aliphatic rings. The van der Waals surface area contributed by atoms with Crippen molar-refractivity contribution in [1.82, 2.24) is 0 Å². The number of aryl methyl sites for hydroxylation is 1. The lowest BCUT2D eigenvalue weighted by Crippen LogP contribution is -2.09. The first-order valence-electron chi connectivity index (χ1n) is 13.4. The highest BCUT2D eigenvalue weighted by Gasteiger charge is 2.16. The van der Waals surface area contributed by atoms with Gasteiger partial charge in [-0.1, -0.05) is 39.8 Å². The summed E-state index contributed by atoms with van der Waals surface area (Å²) in [5.74, 6) is 1.20. The van der Waals surface area contributed by atoms with Crippen LogP contribution >= 0.6 is 0 Å². The molecule has 39 heavy (non-hydrogen) atoms. The molecule has 7 heteroatoms. The summed E-state index contributed by atoms with van der Waals surface area (Å²) in [5.41, 5.74) is 10.3. The van der Waals surface area contributed by atoms with E-state index < -0.39 is 0 Å². The Morgan fingerprint density at radius 2 is 1.72 bits per heavy atom. The van der Waals surface area contributed by atoms with E-state index in [4.69, 9.17) is 24.4 Å². The molecular formula is C32H40FNO5. The minimum Gasteiger partial charge on any atom is -0.497 e. The Hall–Kier alpha value is -3.84. The Bertz CT molecular complexity index is 1360. The van der Waals surface area contributed by atoms with Gasteiger partial charge in [0.15, 0.2) is 0 Å². The zero-order chi connectivity index (χ0) is 28.9. The van der Waals surface area contributed by atoms with Crippen molar-refractivity contribution in [2.24, 2.45) is 5.73 Å². The largest absolute Gasteiger partial charge is 0.497 e. The van der Waals surface area contributed by atoms with Crippen LogP contribution < -0.4 is 15.2 Å². The highest BCUT2D eigenvalue weighted by Crippen LogP contribution is 2.33. The van der Waals surface area contributed by atoms with E-state index in [2.05, 4.69) is 0 Å². The predicted octanol–water partition coefficient (Wildman–Crippen LogP) is 7.75. The third-order valence-corrected chi connectivity index (χ3v) is 5.81. The van der Waals surface area contributed by atoms with E-state index in [1.807, 2.05) is 58.9 Å². The van der Waals surface area contributed by atoms with Crippen molar-refractivity contribution in [3.05, 3.63) is 82.9 Å². The summed E-state index contributed by atoms with van der Waals surface area (Å²) in [7, 11) is 1.57. The molecule has 0 aliphatic carbocycles. The zero-order valence-electron chi connectivity index (χ0n) is 24.0. The van der Waals surface area contributed by atoms with E-state index in [0.29, 0.717) is 35.0 Å². The van der Waals surface area contributed by atoms with Gasteiger partial charge in [0.05, 0.1) is 20.1 Å². The molecule has 0 saturated carbocycles. The second-order valence-electron chi connectivity index (χ2n) is 8.14. The van der Waals surface area contributed by atoms with Crippen molar-refractivity contribution in [2.45, 2.75) is 61.1 Å². The lowest BCUT2D eigenvalue weighted by molar-refractivity contribution is -0.142. The van der Waals surface area contributed by atoms with Crippen LogP contribution in [0.15, 0.2) is 59.0 Å². The van der Waals surface area contributed by atoms with E-state index in [0.717, 1.165) is 27.6 Å². The van der Waals surface area contributed by atoms with Gasteiger partial charge in [-0.2, -0.15) is 0 Å². The minimum absolute atomic E-state index is 0.0888. The van der Waals surface area contributed by atoms with Gasteiger partial charge < -0.3 is 24.4 Å². The number of carbonyl (C=O) groups is 1. The molecule has 0 radical (unpaired) electrons. The van der Waals surface area contributed by atoms with Crippen molar-refractivity contribution >= 4 is 16.9 Å². The van der Waals surface area contributed by atoms with Crippen molar-refractivity contribution in [3.8, 4) is 22.6 Å². The van der Waals surface area contributed by atoms with Gasteiger partial charge in [0.25, 0.3) is 0 Å². The summed E-state index contributed by atoms with van der Waals surface area (Å²) in [6, 6.07) is 15.8. The van der Waals surface area contributed by atoms with Crippen LogP contribution in [0.25, 0.3) is 22.1 Å². The molecule has 4 rings (SSSR count). The number of ether oxygens (including phenoxy) is 3. The van der Waals surface area contributed by atoms with Crippen LogP contribution in [0.2, 0.25) is 0 Å². The quantitative estimate of drug-likeness (QED) is 0.220. The molecule has 3 aromatic carbocycles. The second kappa shape index (κ2) is 15.5. The van der Waals surface area contributed by atoms with Gasteiger partial charge in [-0.25, -0.2) is 4.39 Å². The molecule has 0 atom stereocenters. The first-order valence-corrected chi connectivity index (χ1v) is 13.4. The maximum absolute atomic E-state index is 14.1. The molecule has 0 aliphatic heterocycles. The van der Waals surface area contributed by atoms with Crippen LogP contribution in [0.1, 0.15) is 57.1 Å². The zero-order valence-corrected chi connectivity index (χ0v) is 24.0. The first-order chi connectivity index (χ1) is 18.9. The fourth-order valence-electron chi connectivity index (χ4n) is 4.02. The summed E-state index contributed by atoms with van der Waals surface area (Å²) in [6.45, 7) is 12.4. The molecule has 0 fully saturated rings. The summed E-state index contributed by atoms with van der Waals surface area (Å²) < 4.78 is 36.6. The van der Waals surface area contributed by atoms with Gasteiger partial charge >= 0.3 is 5.97 Å². The standard InChI is InChI=1S/C28H28FNO5.2C2H6/c1-4-33-28(31)13-20-5-7-23(32-3)14-27(20)34-16-25-17(2)35-26-8-6-19(12-24(25)26)21-9-18(15-30)10-22(29)11-21;2*1-2/h5-12,14H,4,13,15-16,30H2,1-3H3;2*1-2H3. The van der Waals surface area contributed by atoms with Gasteiger partial charge in [0.1, 0.15) is 35.3 Å². The van der Waals surface area contributed by atoms with Gasteiger partial charge in [-0.3, -0.25) is 4.79 Å². The van der Waals surface area contributed by atoms with Crippen LogP contribution in [0.5, 0.6) is 11.5 Å². The number of carbonyl (C=O) groups excluding carboxylic acids is 1. The monoisotopic (exact) mass is 537 g/mol. The molecule has 0 bridgehead atoms. The van der Waals surface area contributed by atoms with Crippen LogP contribution in [0.4, 0.5) is 4.39 Å². The first kappa shape index (κ1) is 31.4. The number of hydrogen-bond acceptors (Lipinski definition) is 6. The Morgan fingerprint density at radius 1 is 0.974 bits per heavy atom. The van der Waals surface area contributed by atoms with E-state index >= 15 is 0 Å². The average Bonchev–Trinajstić information content (AvgIpc) is 3.28. The van der Waals surface area contributed by atoms with Crippen LogP contribution in [0, 0.1) is 12.7 Å². The summed E-state index contributed by atoms with van der Waals surface area (Å²) >= 11 is 0. The van der Waals surface area contributed by atoms with E-state index in [1.54, 1.807) is 32.2 Å². The Labute approximate surface area is 230 Å². The normalized spacial score (nSPS) is 10.2. The molecule has 6 nitrogen and oxygen atoms in total. The topological polar surface area (TPSA) is 83.9 Å². The average molecular weight is 538 g/mol. The summed E-state index contributed by atoms with van der Waals surface area (Å²) in [6.07, 6.45) is 0.0888. The number of rotatable bonds is 9. The van der Waals surface area contributed by atoms with Crippen molar-refractivity contribution in [3.63, 3.8) is 0 Å². The third-order valence-electron chi connectivity index (χ3n) is 5.81. The number of hydrogen-bond donors (Lipinski definition) is 1. The molecule has 1 heterocycles. The second-order valence-corrected chi connectivity index (χ2v) is 8.14. The molecule has 1 aromatic heterocycles. The maximum Gasteiger partial charge on any atom is 0.310 e. The smallest absolute Gasteiger partial charge is 0.310 e. The van der Waals surface area contributed by atoms with Crippen LogP contribution in [0.3, 0.4) is 0 Å². The lowest BCUT2D eigenvalue weighted by Gasteiger charge is -2.13. The third kappa shape index (κ3) is 8.07. The minimum atomic E-state index is -0.331. The van der Waals surface area contributed by atoms with E-state index in [1.165, 1.54) is 12.1 Å². The van der Waals surface area contributed by atoms with Crippen molar-refractivity contribution in [2.75, 3.05) is 13.7 Å². The predicted molar refractivity (Wildman–Crippen MR) is 155 cm³/mol. The number of fused-ring (bicyclic) bond motifs is 1. The van der Waals surface area contributed by atoms with Gasteiger partial charge in [-0.15, -0.1) is 0 Å². The van der Waals surface area contributed by atoms with Crippen LogP contribution in [-0.2, 0) is 29.1 Å². The van der Waals surface area contributed by atoms with Gasteiger partial charge in [-0.05, 0) is 66.9 Å². The molecule has 0 amide bonds. The molecule has 2 N–H and O–H groups in total. The highest BCUT2D eigenvalue weighted by atomic mass is 19.1. The highest BCUT2D eigenvalue weighted by molar-refractivity contribution is 5.87. The Morgan fingerprint density at radius 3 is 2.38 bits per heavy atom. The fraction of sp³-hybridized carbons (Fsp3) is 0.344. The number of nitrogens with two attached hydrogens (primary N) is 1. The fourth-order valence-corrected chi connectivity index (χ4v) is 4.02. The lowest BCUT2D eigenvalue weighted by atomic mass is 10.00. The Balaban J connectivity index is 0.00000127. The van der Waals surface area contributed by atoms with E-state index in [9.17, 15) is 9.18 Å². The van der Waals surface area contributed by atoms with Crippen molar-refractivity contribution in [1.29, 1.82) is 0 Å². The molecule has 210 valence electrons. The van der Waals surface area contributed by atoms with Crippen molar-refractivity contribution < 1.29 is 27.8 Å². The summed E-state index contributed by atoms with van der Waals surface area (Å²) in [5, 5.41) is 0.869.